The molecule has 6 aromatic heterocycles. The van der Waals surface area contributed by atoms with E-state index < -0.39 is 0 Å². The van der Waals surface area contributed by atoms with Crippen LogP contribution in [0.5, 0.6) is 0 Å². The van der Waals surface area contributed by atoms with Crippen molar-refractivity contribution in [3.05, 3.63) is 206 Å². The van der Waals surface area contributed by atoms with Gasteiger partial charge in [0, 0.05) is 91.5 Å². The molecule has 6 heterocycles. The molecule has 0 unspecified atom stereocenters. The van der Waals surface area contributed by atoms with Crippen LogP contribution in [-0.2, 0) is 0 Å². The minimum atomic E-state index is 0.922. The van der Waals surface area contributed by atoms with Gasteiger partial charge in [-0.2, -0.15) is 0 Å². The number of benzene rings is 11. The Hall–Kier alpha value is -7.88. The van der Waals surface area contributed by atoms with E-state index in [4.69, 9.17) is 9.97 Å². The highest BCUT2D eigenvalue weighted by atomic mass is 32.1. The minimum absolute atomic E-state index is 0.922. The van der Waals surface area contributed by atoms with Crippen LogP contribution in [0.15, 0.2) is 206 Å². The molecule has 0 saturated heterocycles. The largest absolute Gasteiger partial charge is 0.242 e. The van der Waals surface area contributed by atoms with Crippen LogP contribution in [0.2, 0.25) is 0 Å². The summed E-state index contributed by atoms with van der Waals surface area (Å²) in [6, 6.07) is 76.9. The van der Waals surface area contributed by atoms with Crippen molar-refractivity contribution in [1.82, 2.24) is 9.97 Å². The zero-order chi connectivity index (χ0) is 47.5. The summed E-state index contributed by atoms with van der Waals surface area (Å²) in [6.45, 7) is 0. The van der Waals surface area contributed by atoms with Gasteiger partial charge in [0.2, 0.25) is 0 Å². The van der Waals surface area contributed by atoms with E-state index in [0.717, 1.165) is 42.6 Å². The minimum Gasteiger partial charge on any atom is -0.242 e. The molecule has 0 bridgehead atoms. The third-order valence-corrected chi connectivity index (χ3v) is 20.9. The number of fused-ring (bicyclic) bond motifs is 19. The molecule has 0 amide bonds. The Balaban J connectivity index is 0.951. The van der Waals surface area contributed by atoms with Crippen molar-refractivity contribution in [2.24, 2.45) is 0 Å². The Bertz CT molecular complexity index is 4910. The van der Waals surface area contributed by atoms with Crippen LogP contribution in [0.3, 0.4) is 0 Å². The summed E-state index contributed by atoms with van der Waals surface area (Å²) in [6.07, 6.45) is 0. The first-order valence-electron chi connectivity index (χ1n) is 24.4. The maximum atomic E-state index is 5.94. The summed E-state index contributed by atoms with van der Waals surface area (Å²) in [5.74, 6) is 0. The summed E-state index contributed by atoms with van der Waals surface area (Å²) in [5, 5.41) is 15.0. The van der Waals surface area contributed by atoms with Crippen molar-refractivity contribution < 1.29 is 0 Å². The van der Waals surface area contributed by atoms with Crippen LogP contribution in [0.25, 0.3) is 167 Å². The second-order valence-corrected chi connectivity index (χ2v) is 24.5. The zero-order valence-corrected chi connectivity index (χ0v) is 42.6. The molecule has 0 aliphatic heterocycles. The number of thiophene rings is 5. The van der Waals surface area contributed by atoms with E-state index in [-0.39, 0.29) is 0 Å². The van der Waals surface area contributed by atoms with Crippen molar-refractivity contribution in [3.8, 4) is 43.1 Å². The molecule has 0 aliphatic rings. The van der Waals surface area contributed by atoms with E-state index in [1.54, 1.807) is 0 Å². The second kappa shape index (κ2) is 15.3. The lowest BCUT2D eigenvalue weighted by atomic mass is 9.93. The van der Waals surface area contributed by atoms with E-state index in [2.05, 4.69) is 206 Å². The average Bonchev–Trinajstić information content (AvgIpc) is 4.27. The normalized spacial score (nSPS) is 12.4. The van der Waals surface area contributed by atoms with E-state index in [0.29, 0.717) is 0 Å². The van der Waals surface area contributed by atoms with Gasteiger partial charge < -0.3 is 0 Å². The molecule has 7 heteroatoms. The molecule has 11 aromatic carbocycles. The monoisotopic (exact) mass is 1010 g/mol. The van der Waals surface area contributed by atoms with Crippen molar-refractivity contribution in [3.63, 3.8) is 0 Å². The SMILES string of the molecule is c1ccc2c(c1)sc1cc(-c3ccc4c5ccc(-c6ccc7c(c6)sc6ccccc67)cc5c5nc6c(-c7ccc8c(c7)sc7ccccc78)sc(-c7ccc8c(c7)sc7ccccc78)c6nc5c4c3)ccc12. The molecule has 0 radical (unpaired) electrons. The van der Waals surface area contributed by atoms with Gasteiger partial charge in [-0.15, -0.1) is 56.7 Å². The third-order valence-electron chi connectivity index (χ3n) is 15.1. The summed E-state index contributed by atoms with van der Waals surface area (Å²) in [5.41, 5.74) is 10.8. The van der Waals surface area contributed by atoms with Gasteiger partial charge in [0.15, 0.2) is 0 Å². The first kappa shape index (κ1) is 40.7. The Morgan fingerprint density at radius 3 is 0.822 bits per heavy atom. The highest BCUT2D eigenvalue weighted by Crippen LogP contribution is 2.49. The van der Waals surface area contributed by atoms with Gasteiger partial charge in [-0.25, -0.2) is 9.97 Å². The van der Waals surface area contributed by atoms with Gasteiger partial charge in [-0.1, -0.05) is 146 Å². The fraction of sp³-hybridized carbons (Fsp3) is 0. The fourth-order valence-corrected chi connectivity index (χ4v) is 17.3. The van der Waals surface area contributed by atoms with Gasteiger partial charge in [0.25, 0.3) is 0 Å². The molecular weight excluding hydrogens is 981 g/mol. The van der Waals surface area contributed by atoms with Crippen molar-refractivity contribution in [2.45, 2.75) is 0 Å². The van der Waals surface area contributed by atoms with E-state index in [1.165, 1.54) is 125 Å². The smallest absolute Gasteiger partial charge is 0.109 e. The lowest BCUT2D eigenvalue weighted by Crippen LogP contribution is -1.93. The molecule has 0 aliphatic carbocycles. The molecule has 73 heavy (non-hydrogen) atoms. The second-order valence-electron chi connectivity index (χ2n) is 19.1. The Labute approximate surface area is 436 Å². The van der Waals surface area contributed by atoms with Gasteiger partial charge in [0.05, 0.1) is 20.8 Å². The molecule has 0 atom stereocenters. The first-order valence-corrected chi connectivity index (χ1v) is 28.5. The van der Waals surface area contributed by atoms with E-state index >= 15 is 0 Å². The predicted molar refractivity (Wildman–Crippen MR) is 323 cm³/mol. The zero-order valence-electron chi connectivity index (χ0n) is 38.6. The lowest BCUT2D eigenvalue weighted by molar-refractivity contribution is 1.44. The van der Waals surface area contributed by atoms with Crippen LogP contribution in [-0.4, -0.2) is 9.97 Å². The first-order chi connectivity index (χ1) is 36.1. The van der Waals surface area contributed by atoms with Crippen LogP contribution in [0, 0.1) is 0 Å². The molecule has 17 aromatic rings. The molecule has 17 rings (SSSR count). The molecule has 0 spiro atoms. The quantitative estimate of drug-likeness (QED) is 0.164. The summed E-state index contributed by atoms with van der Waals surface area (Å²) >= 11 is 9.28. The van der Waals surface area contributed by atoms with Crippen molar-refractivity contribution in [2.75, 3.05) is 0 Å². The average molecular weight is 1020 g/mol. The van der Waals surface area contributed by atoms with Crippen LogP contribution in [0.1, 0.15) is 0 Å². The standard InChI is InChI=1S/C66H34N2S5/c1-5-13-53-43(9-1)47-25-19-37(31-57(47)69-53)35-17-23-41-42-24-18-36(38-20-26-48-44-10-2-6-14-54(44)70-58(48)32-38)30-52(42)62-61(51(41)29-35)67-63-64(68-62)66(40-22-28-50-46-12-4-8-16-56(46)72-60(50)34-40)73-65(63)39-21-27-49-45-11-3-7-15-55(45)71-59(49)33-39/h1-34H. The third kappa shape index (κ3) is 6.06. The predicted octanol–water partition coefficient (Wildman–Crippen LogP) is 21.3. The Morgan fingerprint density at radius 2 is 0.466 bits per heavy atom. The van der Waals surface area contributed by atoms with Gasteiger partial charge in [-0.3, -0.25) is 0 Å². The number of hydrogen-bond donors (Lipinski definition) is 0. The lowest BCUT2D eigenvalue weighted by Gasteiger charge is -2.13. The highest BCUT2D eigenvalue weighted by molar-refractivity contribution is 7.27. The molecule has 0 fully saturated rings. The molecule has 0 saturated carbocycles. The highest BCUT2D eigenvalue weighted by Gasteiger charge is 2.23. The number of hydrogen-bond acceptors (Lipinski definition) is 7. The van der Waals surface area contributed by atoms with Gasteiger partial charge >= 0.3 is 0 Å². The summed E-state index contributed by atoms with van der Waals surface area (Å²) < 4.78 is 10.4. The van der Waals surface area contributed by atoms with Crippen LogP contribution >= 0.6 is 56.7 Å². The van der Waals surface area contributed by atoms with Crippen molar-refractivity contribution in [1.29, 1.82) is 0 Å². The molecular formula is C66H34N2S5. The van der Waals surface area contributed by atoms with E-state index in [9.17, 15) is 0 Å². The molecule has 338 valence electrons. The topological polar surface area (TPSA) is 25.8 Å². The van der Waals surface area contributed by atoms with Crippen molar-refractivity contribution >= 4 is 181 Å². The fourth-order valence-electron chi connectivity index (χ4n) is 11.6. The maximum Gasteiger partial charge on any atom is 0.109 e. The summed E-state index contributed by atoms with van der Waals surface area (Å²) in [4.78, 5) is 14.2. The number of aromatic nitrogens is 2. The maximum absolute atomic E-state index is 5.94. The molecule has 0 N–H and O–H groups in total. The van der Waals surface area contributed by atoms with E-state index in [1.807, 2.05) is 56.7 Å². The Morgan fingerprint density at radius 1 is 0.192 bits per heavy atom. The number of nitrogens with zero attached hydrogens (tertiary/aromatic N) is 2. The van der Waals surface area contributed by atoms with Gasteiger partial charge in [-0.05, 0) is 105 Å². The van der Waals surface area contributed by atoms with Crippen LogP contribution < -0.4 is 0 Å². The Kier molecular flexibility index (Phi) is 8.54. The number of rotatable bonds is 4. The summed E-state index contributed by atoms with van der Waals surface area (Å²) in [7, 11) is 0. The van der Waals surface area contributed by atoms with Gasteiger partial charge in [0.1, 0.15) is 11.0 Å². The van der Waals surface area contributed by atoms with Crippen LogP contribution in [0.4, 0.5) is 0 Å². The molecule has 2 nitrogen and oxygen atoms in total.